The molecule has 0 aliphatic heterocycles. The van der Waals surface area contributed by atoms with Gasteiger partial charge in [0.05, 0.1) is 11.7 Å². The van der Waals surface area contributed by atoms with Gasteiger partial charge in [-0.25, -0.2) is 4.98 Å². The van der Waals surface area contributed by atoms with Crippen LogP contribution < -0.4 is 11.1 Å². The van der Waals surface area contributed by atoms with Crippen molar-refractivity contribution in [3.05, 3.63) is 29.8 Å². The summed E-state index contributed by atoms with van der Waals surface area (Å²) in [6, 6.07) is 3.23. The lowest BCUT2D eigenvalue weighted by molar-refractivity contribution is -0.118. The first kappa shape index (κ1) is 17.6. The summed E-state index contributed by atoms with van der Waals surface area (Å²) in [6.45, 7) is 3.77. The molecule has 134 valence electrons. The Kier molecular flexibility index (Phi) is 5.48. The Labute approximate surface area is 148 Å². The largest absolute Gasteiger partial charge is 0.361 e. The van der Waals surface area contributed by atoms with Gasteiger partial charge in [0.15, 0.2) is 0 Å². The van der Waals surface area contributed by atoms with Crippen LogP contribution in [-0.2, 0) is 4.79 Å². The van der Waals surface area contributed by atoms with Crippen molar-refractivity contribution in [2.24, 2.45) is 11.7 Å². The number of nitrogens with one attached hydrogen (secondary N) is 1. The molecule has 1 amide bonds. The highest BCUT2D eigenvalue weighted by Gasteiger charge is 2.25. The summed E-state index contributed by atoms with van der Waals surface area (Å²) < 4.78 is 5.19. The standard InChI is InChI=1S/C19H26N4O2/c1-12-17(13(2)25-23-12)15-9-10-16(21-11-15)22-19(24)18(20)14-7-5-3-4-6-8-14/h9-11,14,18H,3-8,20H2,1-2H3,(H,21,22,24)/t18-/m0/s1. The highest BCUT2D eigenvalue weighted by atomic mass is 16.5. The number of aromatic nitrogens is 2. The second-order valence-electron chi connectivity index (χ2n) is 6.90. The Bertz CT molecular complexity index is 696. The number of hydrogen-bond acceptors (Lipinski definition) is 5. The first-order chi connectivity index (χ1) is 12.1. The molecule has 2 aromatic rings. The van der Waals surface area contributed by atoms with Crippen LogP contribution in [0.3, 0.4) is 0 Å². The van der Waals surface area contributed by atoms with E-state index in [2.05, 4.69) is 15.5 Å². The lowest BCUT2D eigenvalue weighted by atomic mass is 9.92. The molecule has 6 nitrogen and oxygen atoms in total. The van der Waals surface area contributed by atoms with E-state index in [-0.39, 0.29) is 11.8 Å². The molecule has 25 heavy (non-hydrogen) atoms. The molecule has 2 aromatic heterocycles. The van der Waals surface area contributed by atoms with E-state index in [0.29, 0.717) is 5.82 Å². The van der Waals surface area contributed by atoms with Crippen molar-refractivity contribution in [1.29, 1.82) is 0 Å². The van der Waals surface area contributed by atoms with Gasteiger partial charge in [0.2, 0.25) is 5.91 Å². The molecule has 2 heterocycles. The molecule has 3 rings (SSSR count). The summed E-state index contributed by atoms with van der Waals surface area (Å²) in [5.41, 5.74) is 8.88. The Morgan fingerprint density at radius 1 is 1.24 bits per heavy atom. The molecule has 3 N–H and O–H groups in total. The molecule has 0 unspecified atom stereocenters. The normalized spacial score (nSPS) is 17.1. The monoisotopic (exact) mass is 342 g/mol. The third kappa shape index (κ3) is 4.07. The number of nitrogens with two attached hydrogens (primary N) is 1. The maximum atomic E-state index is 12.4. The van der Waals surface area contributed by atoms with Gasteiger partial charge in [-0.05, 0) is 44.7 Å². The van der Waals surface area contributed by atoms with Crippen LogP contribution in [0, 0.1) is 19.8 Å². The summed E-state index contributed by atoms with van der Waals surface area (Å²) in [5, 5.41) is 6.80. The quantitative estimate of drug-likeness (QED) is 0.828. The van der Waals surface area contributed by atoms with Crippen molar-refractivity contribution in [3.8, 4) is 11.1 Å². The smallest absolute Gasteiger partial charge is 0.242 e. The molecule has 1 saturated carbocycles. The lowest BCUT2D eigenvalue weighted by Gasteiger charge is -2.21. The van der Waals surface area contributed by atoms with Crippen LogP contribution in [0.2, 0.25) is 0 Å². The Morgan fingerprint density at radius 2 is 1.96 bits per heavy atom. The van der Waals surface area contributed by atoms with Gasteiger partial charge in [-0.1, -0.05) is 30.8 Å². The van der Waals surface area contributed by atoms with E-state index in [1.165, 1.54) is 12.8 Å². The van der Waals surface area contributed by atoms with Crippen LogP contribution in [-0.4, -0.2) is 22.1 Å². The summed E-state index contributed by atoms with van der Waals surface area (Å²) in [5.74, 6) is 1.39. The van der Waals surface area contributed by atoms with Crippen LogP contribution in [0.25, 0.3) is 11.1 Å². The minimum Gasteiger partial charge on any atom is -0.361 e. The van der Waals surface area contributed by atoms with Gasteiger partial charge < -0.3 is 15.6 Å². The third-order valence-electron chi connectivity index (χ3n) is 5.05. The number of hydrogen-bond donors (Lipinski definition) is 2. The summed E-state index contributed by atoms with van der Waals surface area (Å²) in [7, 11) is 0. The van der Waals surface area contributed by atoms with Crippen LogP contribution in [0.1, 0.15) is 50.0 Å². The minimum absolute atomic E-state index is 0.149. The molecule has 6 heteroatoms. The molecular formula is C19H26N4O2. The second-order valence-corrected chi connectivity index (χ2v) is 6.90. The number of rotatable bonds is 4. The predicted octanol–water partition coefficient (Wildman–Crippen LogP) is 3.59. The summed E-state index contributed by atoms with van der Waals surface area (Å²) in [6.07, 6.45) is 8.61. The average molecular weight is 342 g/mol. The van der Waals surface area contributed by atoms with E-state index in [1.807, 2.05) is 19.9 Å². The molecule has 0 radical (unpaired) electrons. The maximum Gasteiger partial charge on any atom is 0.242 e. The van der Waals surface area contributed by atoms with Gasteiger partial charge in [0.25, 0.3) is 0 Å². The maximum absolute atomic E-state index is 12.4. The topological polar surface area (TPSA) is 94.0 Å². The number of carbonyl (C=O) groups is 1. The van der Waals surface area contributed by atoms with E-state index in [4.69, 9.17) is 10.3 Å². The molecular weight excluding hydrogens is 316 g/mol. The van der Waals surface area contributed by atoms with Gasteiger partial charge in [-0.2, -0.15) is 0 Å². The Morgan fingerprint density at radius 3 is 2.52 bits per heavy atom. The van der Waals surface area contributed by atoms with Gasteiger partial charge in [-0.3, -0.25) is 4.79 Å². The zero-order chi connectivity index (χ0) is 17.8. The first-order valence-electron chi connectivity index (χ1n) is 9.02. The van der Waals surface area contributed by atoms with E-state index in [1.54, 1.807) is 12.3 Å². The highest BCUT2D eigenvalue weighted by Crippen LogP contribution is 2.27. The Balaban J connectivity index is 1.65. The van der Waals surface area contributed by atoms with Crippen LogP contribution in [0.15, 0.2) is 22.9 Å². The van der Waals surface area contributed by atoms with E-state index in [0.717, 1.165) is 48.3 Å². The fourth-order valence-corrected chi connectivity index (χ4v) is 3.60. The van der Waals surface area contributed by atoms with E-state index in [9.17, 15) is 4.79 Å². The molecule has 1 aliphatic rings. The number of anilines is 1. The molecule has 0 spiro atoms. The van der Waals surface area contributed by atoms with Crippen molar-refractivity contribution in [2.45, 2.75) is 58.4 Å². The van der Waals surface area contributed by atoms with Gasteiger partial charge in [0, 0.05) is 17.3 Å². The van der Waals surface area contributed by atoms with Crippen LogP contribution in [0.4, 0.5) is 5.82 Å². The zero-order valence-electron chi connectivity index (χ0n) is 14.9. The number of pyridine rings is 1. The van der Waals surface area contributed by atoms with Crippen molar-refractivity contribution in [2.75, 3.05) is 5.32 Å². The predicted molar refractivity (Wildman–Crippen MR) is 97.0 cm³/mol. The van der Waals surface area contributed by atoms with Crippen molar-refractivity contribution in [3.63, 3.8) is 0 Å². The molecule has 1 atom stereocenters. The fourth-order valence-electron chi connectivity index (χ4n) is 3.60. The highest BCUT2D eigenvalue weighted by molar-refractivity contribution is 5.94. The summed E-state index contributed by atoms with van der Waals surface area (Å²) >= 11 is 0. The van der Waals surface area contributed by atoms with Crippen LogP contribution in [0.5, 0.6) is 0 Å². The van der Waals surface area contributed by atoms with Gasteiger partial charge in [-0.15, -0.1) is 0 Å². The fraction of sp³-hybridized carbons (Fsp3) is 0.526. The van der Waals surface area contributed by atoms with Gasteiger partial charge >= 0.3 is 0 Å². The third-order valence-corrected chi connectivity index (χ3v) is 5.05. The minimum atomic E-state index is -0.470. The lowest BCUT2D eigenvalue weighted by Crippen LogP contribution is -2.42. The molecule has 1 aliphatic carbocycles. The molecule has 0 bridgehead atoms. The number of nitrogens with zero attached hydrogens (tertiary/aromatic N) is 2. The second kappa shape index (κ2) is 7.78. The first-order valence-corrected chi connectivity index (χ1v) is 9.02. The molecule has 1 fully saturated rings. The van der Waals surface area contributed by atoms with Crippen molar-refractivity contribution >= 4 is 11.7 Å². The SMILES string of the molecule is Cc1noc(C)c1-c1ccc(NC(=O)[C@@H](N)C2CCCCCC2)nc1. The van der Waals surface area contributed by atoms with Crippen LogP contribution >= 0.6 is 0 Å². The van der Waals surface area contributed by atoms with E-state index >= 15 is 0 Å². The van der Waals surface area contributed by atoms with Crippen molar-refractivity contribution < 1.29 is 9.32 Å². The molecule has 0 saturated heterocycles. The average Bonchev–Trinajstić information content (AvgIpc) is 2.82. The number of amides is 1. The summed E-state index contributed by atoms with van der Waals surface area (Å²) in [4.78, 5) is 16.8. The number of aryl methyl sites for hydroxylation is 2. The van der Waals surface area contributed by atoms with Gasteiger partial charge in [0.1, 0.15) is 11.6 Å². The number of carbonyl (C=O) groups excluding carboxylic acids is 1. The Hall–Kier alpha value is -2.21. The zero-order valence-corrected chi connectivity index (χ0v) is 14.9. The molecule has 0 aromatic carbocycles. The van der Waals surface area contributed by atoms with E-state index < -0.39 is 6.04 Å². The van der Waals surface area contributed by atoms with Crippen molar-refractivity contribution in [1.82, 2.24) is 10.1 Å².